The molecule has 0 fully saturated rings. The largest absolute Gasteiger partial charge is 0.458 e. The molecule has 180 valence electrons. The van der Waals surface area contributed by atoms with Crippen LogP contribution in [0.4, 0.5) is 5.69 Å². The first-order chi connectivity index (χ1) is 16.6. The molecule has 0 aliphatic rings. The number of para-hydroxylation sites is 1. The van der Waals surface area contributed by atoms with Gasteiger partial charge in [0.15, 0.2) is 0 Å². The van der Waals surface area contributed by atoms with E-state index in [2.05, 4.69) is 16.5 Å². The average molecular weight is 496 g/mol. The van der Waals surface area contributed by atoms with Gasteiger partial charge in [0.05, 0.1) is 22.0 Å². The fraction of sp³-hybridized carbons (Fsp3) is 0.250. The highest BCUT2D eigenvalue weighted by atomic mass is 35.5. The Morgan fingerprint density at radius 1 is 1.26 bits per heavy atom. The van der Waals surface area contributed by atoms with Gasteiger partial charge in [0.1, 0.15) is 29.3 Å². The SMILES string of the molecule is Cc1nn(-c2ccccc2)c(COC(=O)[C@@H](NC(=O)c2ccc(Cl)c([N+](=O)[O-])c2)C(C)C)c1C#N. The number of nitrogens with zero attached hydrogens (tertiary/aromatic N) is 4. The normalized spacial score (nSPS) is 11.5. The third-order valence-electron chi connectivity index (χ3n) is 5.23. The molecule has 0 aliphatic heterocycles. The summed E-state index contributed by atoms with van der Waals surface area (Å²) >= 11 is 5.81. The molecule has 1 N–H and O–H groups in total. The van der Waals surface area contributed by atoms with Crippen molar-refractivity contribution in [1.82, 2.24) is 15.1 Å². The molecule has 0 bridgehead atoms. The first kappa shape index (κ1) is 25.4. The zero-order valence-electron chi connectivity index (χ0n) is 19.2. The van der Waals surface area contributed by atoms with E-state index in [1.165, 1.54) is 16.8 Å². The number of nitriles is 1. The molecule has 0 radical (unpaired) electrons. The van der Waals surface area contributed by atoms with Crippen molar-refractivity contribution >= 4 is 29.2 Å². The third kappa shape index (κ3) is 5.65. The number of halogens is 1. The lowest BCUT2D eigenvalue weighted by Crippen LogP contribution is -2.45. The van der Waals surface area contributed by atoms with Gasteiger partial charge in [-0.3, -0.25) is 14.9 Å². The van der Waals surface area contributed by atoms with Crippen molar-refractivity contribution in [3.05, 3.63) is 86.2 Å². The molecule has 10 nitrogen and oxygen atoms in total. The average Bonchev–Trinajstić information content (AvgIpc) is 3.16. The molecular formula is C24H22ClN5O5. The molecule has 0 saturated heterocycles. The van der Waals surface area contributed by atoms with Crippen LogP contribution in [0.1, 0.15) is 41.2 Å². The molecule has 1 aromatic heterocycles. The van der Waals surface area contributed by atoms with E-state index in [0.717, 1.165) is 6.07 Å². The van der Waals surface area contributed by atoms with Crippen LogP contribution in [-0.4, -0.2) is 32.6 Å². The molecule has 2 aromatic carbocycles. The lowest BCUT2D eigenvalue weighted by molar-refractivity contribution is -0.384. The van der Waals surface area contributed by atoms with Crippen LogP contribution in [0.5, 0.6) is 0 Å². The van der Waals surface area contributed by atoms with Crippen molar-refractivity contribution in [3.8, 4) is 11.8 Å². The number of amides is 1. The molecule has 1 heterocycles. The maximum atomic E-state index is 12.9. The van der Waals surface area contributed by atoms with Crippen molar-refractivity contribution in [1.29, 1.82) is 5.26 Å². The van der Waals surface area contributed by atoms with Gasteiger partial charge < -0.3 is 10.1 Å². The predicted molar refractivity (Wildman–Crippen MR) is 127 cm³/mol. The van der Waals surface area contributed by atoms with E-state index in [4.69, 9.17) is 16.3 Å². The van der Waals surface area contributed by atoms with Gasteiger partial charge in [-0.25, -0.2) is 9.48 Å². The highest BCUT2D eigenvalue weighted by Gasteiger charge is 2.28. The van der Waals surface area contributed by atoms with Crippen molar-refractivity contribution in [2.45, 2.75) is 33.4 Å². The van der Waals surface area contributed by atoms with Crippen LogP contribution >= 0.6 is 11.6 Å². The second-order valence-corrected chi connectivity index (χ2v) is 8.40. The Bertz CT molecular complexity index is 1310. The van der Waals surface area contributed by atoms with Gasteiger partial charge in [0, 0.05) is 11.6 Å². The Hall–Kier alpha value is -4.23. The van der Waals surface area contributed by atoms with Gasteiger partial charge >= 0.3 is 5.97 Å². The number of hydrogen-bond donors (Lipinski definition) is 1. The maximum absolute atomic E-state index is 12.9. The highest BCUT2D eigenvalue weighted by Crippen LogP contribution is 2.25. The zero-order chi connectivity index (χ0) is 25.7. The number of hydrogen-bond acceptors (Lipinski definition) is 7. The smallest absolute Gasteiger partial charge is 0.329 e. The molecule has 1 atom stereocenters. The third-order valence-corrected chi connectivity index (χ3v) is 5.55. The van der Waals surface area contributed by atoms with Gasteiger partial charge in [-0.15, -0.1) is 0 Å². The summed E-state index contributed by atoms with van der Waals surface area (Å²) in [5, 5.41) is 27.6. The van der Waals surface area contributed by atoms with E-state index < -0.39 is 28.5 Å². The van der Waals surface area contributed by atoms with Gasteiger partial charge in [0.25, 0.3) is 11.6 Å². The number of ether oxygens (including phenoxy) is 1. The quantitative estimate of drug-likeness (QED) is 0.281. The minimum atomic E-state index is -1.04. The number of carbonyl (C=O) groups excluding carboxylic acids is 2. The van der Waals surface area contributed by atoms with Crippen molar-refractivity contribution in [3.63, 3.8) is 0 Å². The predicted octanol–water partition coefficient (Wildman–Crippen LogP) is 4.11. The Morgan fingerprint density at radius 3 is 2.54 bits per heavy atom. The first-order valence-corrected chi connectivity index (χ1v) is 11.0. The number of nitrogens with one attached hydrogen (secondary N) is 1. The minimum Gasteiger partial charge on any atom is -0.458 e. The molecule has 0 saturated carbocycles. The molecule has 0 aliphatic carbocycles. The summed E-state index contributed by atoms with van der Waals surface area (Å²) in [5.41, 5.74) is 1.43. The molecule has 3 aromatic rings. The van der Waals surface area contributed by atoms with Crippen LogP contribution in [0, 0.1) is 34.3 Å². The molecular weight excluding hydrogens is 474 g/mol. The number of esters is 1. The highest BCUT2D eigenvalue weighted by molar-refractivity contribution is 6.32. The second kappa shape index (κ2) is 10.8. The van der Waals surface area contributed by atoms with Crippen LogP contribution < -0.4 is 5.32 Å². The molecule has 35 heavy (non-hydrogen) atoms. The van der Waals surface area contributed by atoms with Crippen LogP contribution in [-0.2, 0) is 16.1 Å². The summed E-state index contributed by atoms with van der Waals surface area (Å²) in [4.78, 5) is 36.1. The fourth-order valence-electron chi connectivity index (χ4n) is 3.38. The standard InChI is InChI=1S/C24H22ClN5O5/c1-14(2)22(27-23(31)16-9-10-19(25)20(11-16)30(33)34)24(32)35-13-21-18(12-26)15(3)28-29(21)17-7-5-4-6-8-17/h4-11,14,22H,13H2,1-3H3,(H,27,31)/t22-/m0/s1. The Morgan fingerprint density at radius 2 is 1.94 bits per heavy atom. The summed E-state index contributed by atoms with van der Waals surface area (Å²) in [5.74, 6) is -1.77. The minimum absolute atomic E-state index is 0.0240. The first-order valence-electron chi connectivity index (χ1n) is 10.6. The van der Waals surface area contributed by atoms with E-state index >= 15 is 0 Å². The van der Waals surface area contributed by atoms with Crippen molar-refractivity contribution in [2.75, 3.05) is 0 Å². The van der Waals surface area contributed by atoms with Crippen molar-refractivity contribution < 1.29 is 19.2 Å². The van der Waals surface area contributed by atoms with Gasteiger partial charge in [-0.1, -0.05) is 43.6 Å². The summed E-state index contributed by atoms with van der Waals surface area (Å²) in [6, 6.07) is 13.8. The topological polar surface area (TPSA) is 140 Å². The van der Waals surface area contributed by atoms with E-state index in [1.807, 2.05) is 18.2 Å². The summed E-state index contributed by atoms with van der Waals surface area (Å²) in [6.45, 7) is 4.87. The Labute approximate surface area is 206 Å². The molecule has 0 unspecified atom stereocenters. The van der Waals surface area contributed by atoms with Crippen LogP contribution in [0.3, 0.4) is 0 Å². The van der Waals surface area contributed by atoms with Crippen molar-refractivity contribution in [2.24, 2.45) is 5.92 Å². The molecule has 3 rings (SSSR count). The number of rotatable bonds is 8. The summed E-state index contributed by atoms with van der Waals surface area (Å²) in [6.07, 6.45) is 0. The fourth-order valence-corrected chi connectivity index (χ4v) is 3.57. The van der Waals surface area contributed by atoms with E-state index in [9.17, 15) is 25.0 Å². The number of benzene rings is 2. The van der Waals surface area contributed by atoms with Gasteiger partial charge in [-0.05, 0) is 37.1 Å². The second-order valence-electron chi connectivity index (χ2n) is 7.99. The van der Waals surface area contributed by atoms with Crippen LogP contribution in [0.15, 0.2) is 48.5 Å². The van der Waals surface area contributed by atoms with Crippen LogP contribution in [0.2, 0.25) is 5.02 Å². The summed E-state index contributed by atoms with van der Waals surface area (Å²) in [7, 11) is 0. The number of nitro benzene ring substituents is 1. The van der Waals surface area contributed by atoms with Gasteiger partial charge in [0.2, 0.25) is 0 Å². The Kier molecular flexibility index (Phi) is 7.83. The molecule has 1 amide bonds. The molecule has 0 spiro atoms. The Balaban J connectivity index is 1.80. The lowest BCUT2D eigenvalue weighted by Gasteiger charge is -2.21. The van der Waals surface area contributed by atoms with E-state index in [0.29, 0.717) is 22.6 Å². The number of aromatic nitrogens is 2. The maximum Gasteiger partial charge on any atom is 0.329 e. The number of nitro groups is 1. The lowest BCUT2D eigenvalue weighted by atomic mass is 10.0. The van der Waals surface area contributed by atoms with E-state index in [-0.39, 0.29) is 23.1 Å². The molecule has 11 heteroatoms. The summed E-state index contributed by atoms with van der Waals surface area (Å²) < 4.78 is 7.03. The van der Waals surface area contributed by atoms with Gasteiger partial charge in [-0.2, -0.15) is 10.4 Å². The van der Waals surface area contributed by atoms with E-state index in [1.54, 1.807) is 32.9 Å². The number of aryl methyl sites for hydroxylation is 1. The monoisotopic (exact) mass is 495 g/mol. The van der Waals surface area contributed by atoms with Crippen LogP contribution in [0.25, 0.3) is 5.69 Å². The number of carbonyl (C=O) groups is 2. The zero-order valence-corrected chi connectivity index (χ0v) is 19.9.